The number of carbonyl (C=O) groups excluding carboxylic acids is 2. The molecule has 4 aromatic rings. The van der Waals surface area contributed by atoms with Crippen LogP contribution in [0, 0.1) is 0 Å². The Kier molecular flexibility index (Phi) is 15.8. The van der Waals surface area contributed by atoms with Crippen molar-refractivity contribution in [3.8, 4) is 22.5 Å². The van der Waals surface area contributed by atoms with Crippen LogP contribution in [0.1, 0.15) is 80.1 Å². The van der Waals surface area contributed by atoms with E-state index in [1.807, 2.05) is 65.8 Å². The van der Waals surface area contributed by atoms with Crippen LogP contribution in [0.3, 0.4) is 0 Å². The number of nitrogens with one attached hydrogen (secondary N) is 3. The zero-order valence-electron chi connectivity index (χ0n) is 31.9. The minimum Gasteiger partial charge on any atom is -0.444 e. The van der Waals surface area contributed by atoms with Gasteiger partial charge in [-0.05, 0) is 116 Å². The molecule has 14 nitrogen and oxygen atoms in total. The summed E-state index contributed by atoms with van der Waals surface area (Å²) >= 11 is 17.8. The molecule has 0 aromatic carbocycles. The molecule has 2 saturated carbocycles. The van der Waals surface area contributed by atoms with Gasteiger partial charge in [0, 0.05) is 60.1 Å². The lowest BCUT2D eigenvalue weighted by molar-refractivity contribution is 0.0493. The van der Waals surface area contributed by atoms with Gasteiger partial charge in [0.25, 0.3) is 0 Å². The lowest BCUT2D eigenvalue weighted by Gasteiger charge is -2.21. The highest BCUT2D eigenvalue weighted by Gasteiger charge is 2.29. The SMILES string of the molecule is CC(C)(C)OC(=O)N[C@@H]1CCC(Nc2ncc(Cl)c(-c3cccnc3)n2)C1.CC(C)(C)OC(=O)N[C@@H]1CC[C@H](N)C1.Clc1ncc(Cl)c(-c2cccnc2)n1. The number of ether oxygens (including phenoxy) is 2. The van der Waals surface area contributed by atoms with Gasteiger partial charge < -0.3 is 31.2 Å². The summed E-state index contributed by atoms with van der Waals surface area (Å²) < 4.78 is 10.5. The van der Waals surface area contributed by atoms with Gasteiger partial charge in [0.2, 0.25) is 11.2 Å². The van der Waals surface area contributed by atoms with E-state index in [0.717, 1.165) is 49.7 Å². The zero-order valence-corrected chi connectivity index (χ0v) is 34.1. The average Bonchev–Trinajstić information content (AvgIpc) is 3.73. The Balaban J connectivity index is 0.000000202. The predicted octanol–water partition coefficient (Wildman–Crippen LogP) is 8.29. The maximum Gasteiger partial charge on any atom is 0.407 e. The van der Waals surface area contributed by atoms with Crippen LogP contribution in [-0.4, -0.2) is 77.5 Å². The van der Waals surface area contributed by atoms with Gasteiger partial charge in [-0.3, -0.25) is 9.97 Å². The molecule has 296 valence electrons. The summed E-state index contributed by atoms with van der Waals surface area (Å²) in [7, 11) is 0. The van der Waals surface area contributed by atoms with E-state index in [-0.39, 0.29) is 41.6 Å². The molecule has 0 bridgehead atoms. The van der Waals surface area contributed by atoms with Crippen LogP contribution in [-0.2, 0) is 9.47 Å². The maximum absolute atomic E-state index is 11.9. The first-order valence-electron chi connectivity index (χ1n) is 18.0. The summed E-state index contributed by atoms with van der Waals surface area (Å²) in [6.07, 6.45) is 14.5. The highest BCUT2D eigenvalue weighted by Crippen LogP contribution is 2.28. The second kappa shape index (κ2) is 20.0. The summed E-state index contributed by atoms with van der Waals surface area (Å²) in [6, 6.07) is 8.08. The van der Waals surface area contributed by atoms with E-state index in [2.05, 4.69) is 45.9 Å². The van der Waals surface area contributed by atoms with E-state index < -0.39 is 11.2 Å². The molecule has 2 amide bonds. The molecule has 4 aromatic heterocycles. The third-order valence-corrected chi connectivity index (χ3v) is 8.74. The molecule has 4 atom stereocenters. The largest absolute Gasteiger partial charge is 0.444 e. The number of amides is 2. The molecule has 5 N–H and O–H groups in total. The summed E-state index contributed by atoms with van der Waals surface area (Å²) in [4.78, 5) is 47.9. The molecule has 17 heteroatoms. The molecule has 1 unspecified atom stereocenters. The second-order valence-corrected chi connectivity index (χ2v) is 16.3. The van der Waals surface area contributed by atoms with Gasteiger partial charge in [0.15, 0.2) is 0 Å². The summed E-state index contributed by atoms with van der Waals surface area (Å²) in [5.41, 5.74) is 7.71. The minimum absolute atomic E-state index is 0.0717. The maximum atomic E-state index is 11.9. The average molecular weight is 816 g/mol. The molecular formula is C38H49Cl3N10O4. The number of pyridine rings is 2. The summed E-state index contributed by atoms with van der Waals surface area (Å²) in [6.45, 7) is 11.1. The first-order valence-corrected chi connectivity index (χ1v) is 19.1. The van der Waals surface area contributed by atoms with E-state index in [0.29, 0.717) is 27.4 Å². The van der Waals surface area contributed by atoms with Crippen LogP contribution in [0.2, 0.25) is 15.3 Å². The number of alkyl carbamates (subject to hydrolysis) is 2. The van der Waals surface area contributed by atoms with Crippen LogP contribution in [0.5, 0.6) is 0 Å². The van der Waals surface area contributed by atoms with Crippen molar-refractivity contribution >= 4 is 52.9 Å². The highest BCUT2D eigenvalue weighted by molar-refractivity contribution is 6.33. The number of nitrogens with zero attached hydrogens (tertiary/aromatic N) is 6. The molecule has 6 rings (SSSR count). The number of carbonyl (C=O) groups is 2. The summed E-state index contributed by atoms with van der Waals surface area (Å²) in [5.74, 6) is 0.515. The normalized spacial score (nSPS) is 19.2. The molecule has 0 aliphatic heterocycles. The van der Waals surface area contributed by atoms with Crippen LogP contribution in [0.15, 0.2) is 61.4 Å². The Hall–Kier alpha value is -4.37. The zero-order chi connectivity index (χ0) is 40.2. The second-order valence-electron chi connectivity index (χ2n) is 15.1. The molecule has 2 aliphatic carbocycles. The van der Waals surface area contributed by atoms with Crippen LogP contribution in [0.4, 0.5) is 15.5 Å². The summed E-state index contributed by atoms with van der Waals surface area (Å²) in [5, 5.41) is 10.2. The van der Waals surface area contributed by atoms with Crippen LogP contribution < -0.4 is 21.7 Å². The molecule has 0 spiro atoms. The van der Waals surface area contributed by atoms with E-state index in [4.69, 9.17) is 50.0 Å². The number of hydrogen-bond acceptors (Lipinski definition) is 12. The van der Waals surface area contributed by atoms with E-state index >= 15 is 0 Å². The van der Waals surface area contributed by atoms with Gasteiger partial charge in [-0.1, -0.05) is 23.2 Å². The Bertz CT molecular complexity index is 1850. The highest BCUT2D eigenvalue weighted by atomic mass is 35.5. The van der Waals surface area contributed by atoms with Crippen molar-refractivity contribution in [3.63, 3.8) is 0 Å². The molecular weight excluding hydrogens is 767 g/mol. The molecule has 0 radical (unpaired) electrons. The number of rotatable bonds is 6. The third-order valence-electron chi connectivity index (χ3n) is 8.01. The molecule has 2 aliphatic rings. The van der Waals surface area contributed by atoms with Gasteiger partial charge in [-0.25, -0.2) is 29.5 Å². The van der Waals surface area contributed by atoms with Crippen molar-refractivity contribution in [2.24, 2.45) is 5.73 Å². The quantitative estimate of drug-likeness (QED) is 0.136. The molecule has 0 saturated heterocycles. The number of aromatic nitrogens is 6. The van der Waals surface area contributed by atoms with Gasteiger partial charge in [0.05, 0.1) is 33.8 Å². The van der Waals surface area contributed by atoms with E-state index in [1.54, 1.807) is 31.0 Å². The van der Waals surface area contributed by atoms with Crippen molar-refractivity contribution in [2.45, 2.75) is 115 Å². The van der Waals surface area contributed by atoms with Crippen molar-refractivity contribution in [1.29, 1.82) is 0 Å². The monoisotopic (exact) mass is 814 g/mol. The fraction of sp³-hybridized carbons (Fsp3) is 0.474. The van der Waals surface area contributed by atoms with Crippen LogP contribution in [0.25, 0.3) is 22.5 Å². The predicted molar refractivity (Wildman–Crippen MR) is 215 cm³/mol. The number of hydrogen-bond donors (Lipinski definition) is 4. The van der Waals surface area contributed by atoms with Gasteiger partial charge >= 0.3 is 12.2 Å². The van der Waals surface area contributed by atoms with E-state index in [9.17, 15) is 9.59 Å². The van der Waals surface area contributed by atoms with Crippen molar-refractivity contribution < 1.29 is 19.1 Å². The lowest BCUT2D eigenvalue weighted by atomic mass is 10.2. The van der Waals surface area contributed by atoms with Gasteiger partial charge in [-0.15, -0.1) is 0 Å². The first-order chi connectivity index (χ1) is 25.9. The number of halogens is 3. The fourth-order valence-electron chi connectivity index (χ4n) is 5.72. The topological polar surface area (TPSA) is 192 Å². The van der Waals surface area contributed by atoms with Crippen molar-refractivity contribution in [1.82, 2.24) is 40.5 Å². The van der Waals surface area contributed by atoms with Crippen LogP contribution >= 0.6 is 34.8 Å². The van der Waals surface area contributed by atoms with Gasteiger partial charge in [-0.2, -0.15) is 0 Å². The Morgan fingerprint density at radius 3 is 1.67 bits per heavy atom. The third kappa shape index (κ3) is 15.4. The van der Waals surface area contributed by atoms with Gasteiger partial charge in [0.1, 0.15) is 11.2 Å². The Morgan fingerprint density at radius 1 is 0.691 bits per heavy atom. The Morgan fingerprint density at radius 2 is 1.18 bits per heavy atom. The smallest absolute Gasteiger partial charge is 0.407 e. The van der Waals surface area contributed by atoms with E-state index in [1.165, 1.54) is 6.20 Å². The minimum atomic E-state index is -0.500. The number of anilines is 1. The van der Waals surface area contributed by atoms with Crippen molar-refractivity contribution in [2.75, 3.05) is 5.32 Å². The standard InChI is InChI=1S/C19H24ClN5O2.C10H20N2O2.C9H5Cl2N3/c1-19(2,3)27-18(26)24-14-7-6-13(9-14)23-17-22-11-15(20)16(25-17)12-5-4-8-21-10-12;1-10(2,3)14-9(13)12-8-5-4-7(11)6-8;10-7-5-13-9(11)14-8(7)6-2-1-3-12-4-6/h4-5,8,10-11,13-14H,6-7,9H2,1-3H3,(H,24,26)(H,22,23,25);7-8H,4-6,11H2,1-3H3,(H,12,13);1-5H/t13?,14-;7-,8+;/m10./s1. The first kappa shape index (κ1) is 43.4. The molecule has 4 heterocycles. The Labute approximate surface area is 337 Å². The number of nitrogens with two attached hydrogens (primary N) is 1. The fourth-order valence-corrected chi connectivity index (χ4v) is 6.25. The molecule has 55 heavy (non-hydrogen) atoms. The van der Waals surface area contributed by atoms with Crippen molar-refractivity contribution in [3.05, 3.63) is 76.8 Å². The lowest BCUT2D eigenvalue weighted by Crippen LogP contribution is -2.38. The molecule has 2 fully saturated rings.